The van der Waals surface area contributed by atoms with Crippen LogP contribution >= 0.6 is 0 Å². The van der Waals surface area contributed by atoms with Crippen molar-refractivity contribution in [2.24, 2.45) is 12.5 Å². The summed E-state index contributed by atoms with van der Waals surface area (Å²) in [6, 6.07) is 4.02. The van der Waals surface area contributed by atoms with Gasteiger partial charge in [-0.3, -0.25) is 9.59 Å². The maximum atomic E-state index is 11.9. The number of carboxylic acid groups (broad SMARTS) is 1. The third-order valence-corrected chi connectivity index (χ3v) is 3.86. The predicted molar refractivity (Wildman–Crippen MR) is 70.6 cm³/mol. The first kappa shape index (κ1) is 13.6. The van der Waals surface area contributed by atoms with Gasteiger partial charge in [0.25, 0.3) is 0 Å². The average molecular weight is 264 g/mol. The molecule has 0 radical (unpaired) electrons. The van der Waals surface area contributed by atoms with Gasteiger partial charge in [0.1, 0.15) is 5.41 Å². The molecule has 0 spiro atoms. The molecule has 1 aliphatic carbocycles. The van der Waals surface area contributed by atoms with Crippen molar-refractivity contribution in [1.29, 1.82) is 0 Å². The molecule has 1 saturated carbocycles. The van der Waals surface area contributed by atoms with Crippen LogP contribution in [0.1, 0.15) is 31.9 Å². The minimum atomic E-state index is -1.14. The summed E-state index contributed by atoms with van der Waals surface area (Å²) < 4.78 is 2.05. The molecule has 2 rings (SSSR count). The monoisotopic (exact) mass is 264 g/mol. The molecule has 1 unspecified atom stereocenters. The minimum absolute atomic E-state index is 0.0146. The van der Waals surface area contributed by atoms with E-state index in [2.05, 4.69) is 5.32 Å². The van der Waals surface area contributed by atoms with E-state index in [9.17, 15) is 9.59 Å². The lowest BCUT2D eigenvalue weighted by Crippen LogP contribution is -2.41. The maximum Gasteiger partial charge on any atom is 0.319 e. The second-order valence-corrected chi connectivity index (χ2v) is 5.41. The normalized spacial score (nSPS) is 17.8. The SMILES string of the molecule is CC(CCc1cccn1C)NC(=O)C1(C(=O)O)CC1. The molecule has 1 fully saturated rings. The molecule has 5 nitrogen and oxygen atoms in total. The van der Waals surface area contributed by atoms with Gasteiger partial charge < -0.3 is 15.0 Å². The van der Waals surface area contributed by atoms with E-state index in [1.165, 1.54) is 5.69 Å². The highest BCUT2D eigenvalue weighted by atomic mass is 16.4. The number of carboxylic acids is 1. The van der Waals surface area contributed by atoms with Gasteiger partial charge in [-0.25, -0.2) is 0 Å². The Balaban J connectivity index is 1.82. The van der Waals surface area contributed by atoms with Crippen LogP contribution in [-0.4, -0.2) is 27.6 Å². The van der Waals surface area contributed by atoms with Crippen LogP contribution in [0.3, 0.4) is 0 Å². The molecule has 1 aromatic heterocycles. The lowest BCUT2D eigenvalue weighted by atomic mass is 10.1. The standard InChI is InChI=1S/C14H20N2O3/c1-10(5-6-11-4-3-9-16(11)2)15-12(17)14(7-8-14)13(18)19/h3-4,9-10H,5-8H2,1-2H3,(H,15,17)(H,18,19). The van der Waals surface area contributed by atoms with Crippen molar-refractivity contribution in [3.05, 3.63) is 24.0 Å². The van der Waals surface area contributed by atoms with Gasteiger partial charge in [0.2, 0.25) is 5.91 Å². The summed E-state index contributed by atoms with van der Waals surface area (Å²) in [6.45, 7) is 1.92. The van der Waals surface area contributed by atoms with E-state index in [1.54, 1.807) is 0 Å². The van der Waals surface area contributed by atoms with Gasteiger partial charge in [0.05, 0.1) is 0 Å². The number of aryl methyl sites for hydroxylation is 2. The highest BCUT2D eigenvalue weighted by Gasteiger charge is 2.57. The second-order valence-electron chi connectivity index (χ2n) is 5.41. The van der Waals surface area contributed by atoms with E-state index in [0.717, 1.165) is 12.8 Å². The van der Waals surface area contributed by atoms with Gasteiger partial charge in [-0.05, 0) is 44.7 Å². The molecule has 1 heterocycles. The zero-order valence-electron chi connectivity index (χ0n) is 11.3. The Labute approximate surface area is 112 Å². The number of nitrogens with one attached hydrogen (secondary N) is 1. The lowest BCUT2D eigenvalue weighted by molar-refractivity contribution is -0.149. The molecule has 1 amide bonds. The molecule has 19 heavy (non-hydrogen) atoms. The third-order valence-electron chi connectivity index (χ3n) is 3.86. The highest BCUT2D eigenvalue weighted by Crippen LogP contribution is 2.46. The minimum Gasteiger partial charge on any atom is -0.480 e. The molecule has 0 aromatic carbocycles. The van der Waals surface area contributed by atoms with Crippen LogP contribution in [0.15, 0.2) is 18.3 Å². The Morgan fingerprint density at radius 1 is 1.53 bits per heavy atom. The number of amides is 1. The summed E-state index contributed by atoms with van der Waals surface area (Å²) in [5, 5.41) is 11.9. The van der Waals surface area contributed by atoms with Crippen molar-refractivity contribution in [3.63, 3.8) is 0 Å². The van der Waals surface area contributed by atoms with Gasteiger partial charge in [0, 0.05) is 25.0 Å². The summed E-state index contributed by atoms with van der Waals surface area (Å²) in [4.78, 5) is 22.9. The van der Waals surface area contributed by atoms with Crippen LogP contribution in [0.2, 0.25) is 0 Å². The number of rotatable bonds is 6. The van der Waals surface area contributed by atoms with Crippen molar-refractivity contribution in [2.75, 3.05) is 0 Å². The Morgan fingerprint density at radius 2 is 2.21 bits per heavy atom. The zero-order valence-corrected chi connectivity index (χ0v) is 11.3. The second kappa shape index (κ2) is 5.07. The number of carbonyl (C=O) groups is 2. The first-order valence-corrected chi connectivity index (χ1v) is 6.60. The number of hydrogen-bond acceptors (Lipinski definition) is 2. The summed E-state index contributed by atoms with van der Waals surface area (Å²) in [6.07, 6.45) is 4.57. The molecule has 1 aromatic rings. The average Bonchev–Trinajstić information content (AvgIpc) is 3.06. The van der Waals surface area contributed by atoms with Crippen LogP contribution < -0.4 is 5.32 Å². The highest BCUT2D eigenvalue weighted by molar-refractivity contribution is 6.04. The molecule has 104 valence electrons. The largest absolute Gasteiger partial charge is 0.480 e. The fraction of sp³-hybridized carbons (Fsp3) is 0.571. The van der Waals surface area contributed by atoms with Gasteiger partial charge in [-0.2, -0.15) is 0 Å². The summed E-state index contributed by atoms with van der Waals surface area (Å²) >= 11 is 0. The molecule has 0 bridgehead atoms. The molecular formula is C14H20N2O3. The van der Waals surface area contributed by atoms with Crippen molar-refractivity contribution >= 4 is 11.9 Å². The van der Waals surface area contributed by atoms with Gasteiger partial charge >= 0.3 is 5.97 Å². The maximum absolute atomic E-state index is 11.9. The smallest absolute Gasteiger partial charge is 0.319 e. The van der Waals surface area contributed by atoms with E-state index in [4.69, 9.17) is 5.11 Å². The Bertz CT molecular complexity index is 489. The van der Waals surface area contributed by atoms with E-state index >= 15 is 0 Å². The fourth-order valence-electron chi connectivity index (χ4n) is 2.22. The van der Waals surface area contributed by atoms with Crippen LogP contribution in [0.4, 0.5) is 0 Å². The predicted octanol–water partition coefficient (Wildman–Crippen LogP) is 1.33. The van der Waals surface area contributed by atoms with Gasteiger partial charge in [-0.15, -0.1) is 0 Å². The third kappa shape index (κ3) is 2.80. The van der Waals surface area contributed by atoms with Crippen LogP contribution in [-0.2, 0) is 23.1 Å². The van der Waals surface area contributed by atoms with Crippen LogP contribution in [0.25, 0.3) is 0 Å². The van der Waals surface area contributed by atoms with E-state index in [0.29, 0.717) is 12.8 Å². The first-order valence-electron chi connectivity index (χ1n) is 6.60. The summed E-state index contributed by atoms with van der Waals surface area (Å²) in [7, 11) is 1.99. The summed E-state index contributed by atoms with van der Waals surface area (Å²) in [5.41, 5.74) is 0.0691. The molecular weight excluding hydrogens is 244 g/mol. The van der Waals surface area contributed by atoms with Crippen molar-refractivity contribution in [1.82, 2.24) is 9.88 Å². The Morgan fingerprint density at radius 3 is 2.68 bits per heavy atom. The van der Waals surface area contributed by atoms with Gasteiger partial charge in [-0.1, -0.05) is 0 Å². The first-order chi connectivity index (χ1) is 8.95. The molecule has 0 saturated heterocycles. The number of nitrogens with zero attached hydrogens (tertiary/aromatic N) is 1. The number of aromatic nitrogens is 1. The Hall–Kier alpha value is -1.78. The fourth-order valence-corrected chi connectivity index (χ4v) is 2.22. The van der Waals surface area contributed by atoms with Gasteiger partial charge in [0.15, 0.2) is 0 Å². The Kier molecular flexibility index (Phi) is 3.64. The van der Waals surface area contributed by atoms with Crippen molar-refractivity contribution in [3.8, 4) is 0 Å². The topological polar surface area (TPSA) is 71.3 Å². The number of hydrogen-bond donors (Lipinski definition) is 2. The molecule has 5 heteroatoms. The van der Waals surface area contributed by atoms with Crippen molar-refractivity contribution in [2.45, 2.75) is 38.6 Å². The number of aliphatic carboxylic acids is 1. The van der Waals surface area contributed by atoms with E-state index in [-0.39, 0.29) is 11.9 Å². The zero-order chi connectivity index (χ0) is 14.0. The van der Waals surface area contributed by atoms with E-state index in [1.807, 2.05) is 36.9 Å². The van der Waals surface area contributed by atoms with Crippen LogP contribution in [0.5, 0.6) is 0 Å². The summed E-state index contributed by atoms with van der Waals surface area (Å²) in [5.74, 6) is -1.33. The molecule has 1 aliphatic rings. The quantitative estimate of drug-likeness (QED) is 0.761. The molecule has 0 aliphatic heterocycles. The van der Waals surface area contributed by atoms with Crippen molar-refractivity contribution < 1.29 is 14.7 Å². The lowest BCUT2D eigenvalue weighted by Gasteiger charge is -2.17. The van der Waals surface area contributed by atoms with E-state index < -0.39 is 11.4 Å². The molecule has 1 atom stereocenters. The van der Waals surface area contributed by atoms with Crippen LogP contribution in [0, 0.1) is 5.41 Å². The molecule has 2 N–H and O–H groups in total. The number of carbonyl (C=O) groups excluding carboxylic acids is 1.